The predicted molar refractivity (Wildman–Crippen MR) is 115 cm³/mol. The lowest BCUT2D eigenvalue weighted by atomic mass is 9.99. The predicted octanol–water partition coefficient (Wildman–Crippen LogP) is 3.23. The van der Waals surface area contributed by atoms with Gasteiger partial charge in [0.1, 0.15) is 15.8 Å². The fraction of sp³-hybridized carbons (Fsp3) is 0.476. The molecule has 164 valence electrons. The Bertz CT molecular complexity index is 1100. The third kappa shape index (κ3) is 4.85. The average Bonchev–Trinajstić information content (AvgIpc) is 3.15. The molecule has 1 aromatic carbocycles. The zero-order valence-corrected chi connectivity index (χ0v) is 18.4. The maximum atomic E-state index is 14.5. The number of piperidine rings is 1. The van der Waals surface area contributed by atoms with Crippen molar-refractivity contribution in [3.8, 4) is 10.6 Å². The van der Waals surface area contributed by atoms with E-state index in [2.05, 4.69) is 25.5 Å². The number of amides is 1. The summed E-state index contributed by atoms with van der Waals surface area (Å²) in [5, 5.41) is 13.6. The molecule has 0 spiro atoms. The standard InChI is InChI=1S/C21H24F2N6OS/c1-12(2)25-17-6-7-29(11-21(17,22)23)19(30)9-18-24-10-15-5-4-14(8-16(15)26-18)20-28-27-13(3)31-20/h4-5,8,10,12,17,25H,6-7,9,11H2,1-3H3. The van der Waals surface area contributed by atoms with Gasteiger partial charge in [0.25, 0.3) is 5.92 Å². The van der Waals surface area contributed by atoms with Crippen LogP contribution in [0.2, 0.25) is 0 Å². The van der Waals surface area contributed by atoms with E-state index in [1.54, 1.807) is 6.20 Å². The van der Waals surface area contributed by atoms with E-state index in [0.29, 0.717) is 11.3 Å². The largest absolute Gasteiger partial charge is 0.336 e. The van der Waals surface area contributed by atoms with Crippen molar-refractivity contribution < 1.29 is 13.6 Å². The zero-order valence-electron chi connectivity index (χ0n) is 17.6. The lowest BCUT2D eigenvalue weighted by Gasteiger charge is -2.39. The minimum atomic E-state index is -2.98. The molecule has 10 heteroatoms. The lowest BCUT2D eigenvalue weighted by molar-refractivity contribution is -0.145. The molecule has 1 N–H and O–H groups in total. The second-order valence-electron chi connectivity index (χ2n) is 8.10. The number of hydrogen-bond donors (Lipinski definition) is 1. The summed E-state index contributed by atoms with van der Waals surface area (Å²) >= 11 is 1.48. The molecule has 1 unspecified atom stereocenters. The normalized spacial score (nSPS) is 18.6. The van der Waals surface area contributed by atoms with E-state index in [4.69, 9.17) is 0 Å². The number of halogens is 2. The van der Waals surface area contributed by atoms with Gasteiger partial charge in [-0.25, -0.2) is 18.7 Å². The van der Waals surface area contributed by atoms with Crippen LogP contribution in [-0.4, -0.2) is 62.1 Å². The first-order valence-electron chi connectivity index (χ1n) is 10.2. The van der Waals surface area contributed by atoms with Crippen LogP contribution in [0.25, 0.3) is 21.5 Å². The Morgan fingerprint density at radius 3 is 2.84 bits per heavy atom. The van der Waals surface area contributed by atoms with Crippen LogP contribution in [-0.2, 0) is 11.2 Å². The Hall–Kier alpha value is -2.59. The summed E-state index contributed by atoms with van der Waals surface area (Å²) in [5.74, 6) is -3.05. The molecule has 1 saturated heterocycles. The van der Waals surface area contributed by atoms with Crippen LogP contribution in [0.4, 0.5) is 8.78 Å². The molecule has 1 aliphatic heterocycles. The summed E-state index contributed by atoms with van der Waals surface area (Å²) in [5.41, 5.74) is 1.56. The van der Waals surface area contributed by atoms with Crippen molar-refractivity contribution >= 4 is 28.1 Å². The van der Waals surface area contributed by atoms with Gasteiger partial charge in [0.05, 0.1) is 24.5 Å². The number of alkyl halides is 2. The number of likely N-dealkylation sites (tertiary alicyclic amines) is 1. The Balaban J connectivity index is 1.48. The van der Waals surface area contributed by atoms with Crippen LogP contribution in [0.3, 0.4) is 0 Å². The number of benzene rings is 1. The van der Waals surface area contributed by atoms with E-state index in [-0.39, 0.29) is 25.4 Å². The molecule has 0 bridgehead atoms. The SMILES string of the molecule is Cc1nnc(-c2ccc3cnc(CC(=O)N4CCC(NC(C)C)C(F)(F)C4)nc3c2)s1. The first-order chi connectivity index (χ1) is 14.7. The molecule has 0 aliphatic carbocycles. The van der Waals surface area contributed by atoms with E-state index in [0.717, 1.165) is 21.0 Å². The average molecular weight is 447 g/mol. The number of carbonyl (C=O) groups is 1. The maximum Gasteiger partial charge on any atom is 0.280 e. The summed E-state index contributed by atoms with van der Waals surface area (Å²) in [6, 6.07) is 4.73. The molecule has 7 nitrogen and oxygen atoms in total. The molecule has 1 fully saturated rings. The van der Waals surface area contributed by atoms with Gasteiger partial charge >= 0.3 is 0 Å². The highest BCUT2D eigenvalue weighted by Gasteiger charge is 2.45. The van der Waals surface area contributed by atoms with Gasteiger partial charge in [-0.2, -0.15) is 0 Å². The summed E-state index contributed by atoms with van der Waals surface area (Å²) < 4.78 is 29.0. The Labute approximate surface area is 182 Å². The summed E-state index contributed by atoms with van der Waals surface area (Å²) in [6.45, 7) is 5.25. The Kier molecular flexibility index (Phi) is 5.94. The molecule has 0 radical (unpaired) electrons. The lowest BCUT2D eigenvalue weighted by Crippen LogP contribution is -2.59. The monoisotopic (exact) mass is 446 g/mol. The van der Waals surface area contributed by atoms with E-state index >= 15 is 0 Å². The first kappa shape index (κ1) is 21.6. The molecular formula is C21H24F2N6OS. The highest BCUT2D eigenvalue weighted by molar-refractivity contribution is 7.14. The van der Waals surface area contributed by atoms with Crippen molar-refractivity contribution in [2.24, 2.45) is 0 Å². The minimum Gasteiger partial charge on any atom is -0.336 e. The van der Waals surface area contributed by atoms with E-state index < -0.39 is 24.4 Å². The zero-order chi connectivity index (χ0) is 22.2. The van der Waals surface area contributed by atoms with Crippen LogP contribution >= 0.6 is 11.3 Å². The van der Waals surface area contributed by atoms with Gasteiger partial charge in [0.2, 0.25) is 5.91 Å². The van der Waals surface area contributed by atoms with Crippen molar-refractivity contribution in [1.82, 2.24) is 30.4 Å². The third-order valence-corrected chi connectivity index (χ3v) is 6.09. The van der Waals surface area contributed by atoms with Gasteiger partial charge in [-0.05, 0) is 19.4 Å². The van der Waals surface area contributed by atoms with Gasteiger partial charge in [-0.15, -0.1) is 10.2 Å². The van der Waals surface area contributed by atoms with Crippen LogP contribution in [0, 0.1) is 6.92 Å². The molecule has 1 amide bonds. The van der Waals surface area contributed by atoms with Crippen molar-refractivity contribution in [2.45, 2.75) is 51.6 Å². The fourth-order valence-corrected chi connectivity index (χ4v) is 4.39. The number of aromatic nitrogens is 4. The number of aryl methyl sites for hydroxylation is 1. The maximum absolute atomic E-state index is 14.5. The van der Waals surface area contributed by atoms with Crippen LogP contribution in [0.1, 0.15) is 31.1 Å². The second-order valence-corrected chi connectivity index (χ2v) is 9.28. The number of fused-ring (bicyclic) bond motifs is 1. The number of nitrogens with one attached hydrogen (secondary N) is 1. The molecule has 1 aliphatic rings. The molecular weight excluding hydrogens is 422 g/mol. The highest BCUT2D eigenvalue weighted by atomic mass is 32.1. The number of nitrogens with zero attached hydrogens (tertiary/aromatic N) is 5. The van der Waals surface area contributed by atoms with E-state index in [1.807, 2.05) is 39.0 Å². The molecule has 3 heterocycles. The Morgan fingerprint density at radius 1 is 1.35 bits per heavy atom. The smallest absolute Gasteiger partial charge is 0.280 e. The van der Waals surface area contributed by atoms with Crippen LogP contribution in [0.15, 0.2) is 24.4 Å². The Morgan fingerprint density at radius 2 is 2.16 bits per heavy atom. The second kappa shape index (κ2) is 8.51. The van der Waals surface area contributed by atoms with Gasteiger partial charge in [0.15, 0.2) is 0 Å². The number of hydrogen-bond acceptors (Lipinski definition) is 7. The van der Waals surface area contributed by atoms with Gasteiger partial charge in [-0.3, -0.25) is 4.79 Å². The van der Waals surface area contributed by atoms with Gasteiger partial charge in [0, 0.05) is 29.7 Å². The summed E-state index contributed by atoms with van der Waals surface area (Å²) in [6.07, 6.45) is 1.74. The summed E-state index contributed by atoms with van der Waals surface area (Å²) in [7, 11) is 0. The molecule has 2 aromatic heterocycles. The topological polar surface area (TPSA) is 83.9 Å². The van der Waals surface area contributed by atoms with Crippen LogP contribution in [0.5, 0.6) is 0 Å². The fourth-order valence-electron chi connectivity index (χ4n) is 3.70. The molecule has 31 heavy (non-hydrogen) atoms. The van der Waals surface area contributed by atoms with E-state index in [9.17, 15) is 13.6 Å². The van der Waals surface area contributed by atoms with Crippen LogP contribution < -0.4 is 5.32 Å². The van der Waals surface area contributed by atoms with Gasteiger partial charge < -0.3 is 10.2 Å². The molecule has 1 atom stereocenters. The molecule has 0 saturated carbocycles. The molecule has 4 rings (SSSR count). The van der Waals surface area contributed by atoms with Crippen molar-refractivity contribution in [3.05, 3.63) is 35.2 Å². The highest BCUT2D eigenvalue weighted by Crippen LogP contribution is 2.29. The van der Waals surface area contributed by atoms with Crippen molar-refractivity contribution in [1.29, 1.82) is 0 Å². The quantitative estimate of drug-likeness (QED) is 0.648. The third-order valence-electron chi connectivity index (χ3n) is 5.20. The number of rotatable bonds is 5. The van der Waals surface area contributed by atoms with E-state index in [1.165, 1.54) is 16.2 Å². The van der Waals surface area contributed by atoms with Crippen molar-refractivity contribution in [3.63, 3.8) is 0 Å². The first-order valence-corrected chi connectivity index (χ1v) is 11.0. The molecule has 3 aromatic rings. The van der Waals surface area contributed by atoms with Gasteiger partial charge in [-0.1, -0.05) is 37.3 Å². The number of carbonyl (C=O) groups excluding carboxylic acids is 1. The summed E-state index contributed by atoms with van der Waals surface area (Å²) in [4.78, 5) is 22.6. The minimum absolute atomic E-state index is 0.0434. The van der Waals surface area contributed by atoms with Crippen molar-refractivity contribution in [2.75, 3.05) is 13.1 Å².